The van der Waals surface area contributed by atoms with Crippen molar-refractivity contribution in [3.8, 4) is 0 Å². The molecule has 134 valence electrons. The molecular formula is C18H28N2O4. The van der Waals surface area contributed by atoms with Crippen molar-refractivity contribution in [2.45, 2.75) is 63.1 Å². The molecule has 2 N–H and O–H groups in total. The van der Waals surface area contributed by atoms with Crippen molar-refractivity contribution in [1.82, 2.24) is 10.2 Å². The molecule has 2 fully saturated rings. The minimum absolute atomic E-state index is 0.0261. The van der Waals surface area contributed by atoms with Crippen molar-refractivity contribution in [3.05, 3.63) is 24.2 Å². The average molecular weight is 336 g/mol. The van der Waals surface area contributed by atoms with Crippen molar-refractivity contribution in [2.75, 3.05) is 19.8 Å². The average Bonchev–Trinajstić information content (AvgIpc) is 3.01. The van der Waals surface area contributed by atoms with E-state index in [1.807, 2.05) is 4.90 Å². The van der Waals surface area contributed by atoms with Gasteiger partial charge in [0.2, 0.25) is 0 Å². The van der Waals surface area contributed by atoms with Gasteiger partial charge in [-0.25, -0.2) is 4.79 Å². The highest BCUT2D eigenvalue weighted by Gasteiger charge is 2.31. The first kappa shape index (κ1) is 17.3. The second kappa shape index (κ2) is 8.53. The van der Waals surface area contributed by atoms with Crippen molar-refractivity contribution in [1.29, 1.82) is 0 Å². The van der Waals surface area contributed by atoms with Crippen LogP contribution in [0.1, 0.15) is 56.8 Å². The highest BCUT2D eigenvalue weighted by molar-refractivity contribution is 5.75. The topological polar surface area (TPSA) is 74.9 Å². The second-order valence-corrected chi connectivity index (χ2v) is 6.83. The molecule has 2 amide bonds. The first-order valence-corrected chi connectivity index (χ1v) is 9.10. The Labute approximate surface area is 143 Å². The number of hydrogen-bond acceptors (Lipinski definition) is 4. The molecule has 2 heterocycles. The summed E-state index contributed by atoms with van der Waals surface area (Å²) in [6, 6.07) is 3.63. The van der Waals surface area contributed by atoms with Gasteiger partial charge in [-0.1, -0.05) is 25.7 Å². The normalized spacial score (nSPS) is 24.4. The molecule has 1 saturated heterocycles. The van der Waals surface area contributed by atoms with E-state index in [9.17, 15) is 9.90 Å². The number of amides is 2. The molecule has 6 heteroatoms. The Morgan fingerprint density at radius 2 is 2.12 bits per heavy atom. The largest absolute Gasteiger partial charge is 0.467 e. The van der Waals surface area contributed by atoms with Gasteiger partial charge in [-0.05, 0) is 25.0 Å². The number of nitrogens with one attached hydrogen (secondary N) is 1. The quantitative estimate of drug-likeness (QED) is 0.829. The number of furan rings is 1. The van der Waals surface area contributed by atoms with E-state index < -0.39 is 6.10 Å². The van der Waals surface area contributed by atoms with Gasteiger partial charge in [0.05, 0.1) is 25.5 Å². The fourth-order valence-electron chi connectivity index (χ4n) is 3.65. The molecule has 1 aromatic rings. The Balaban J connectivity index is 1.57. The molecule has 0 aromatic carbocycles. The van der Waals surface area contributed by atoms with Crippen molar-refractivity contribution in [2.24, 2.45) is 0 Å². The smallest absolute Gasteiger partial charge is 0.318 e. The van der Waals surface area contributed by atoms with Gasteiger partial charge in [-0.3, -0.25) is 0 Å². The fraction of sp³-hybridized carbons (Fsp3) is 0.722. The van der Waals surface area contributed by atoms with Crippen molar-refractivity contribution >= 4 is 6.03 Å². The highest BCUT2D eigenvalue weighted by Crippen LogP contribution is 2.24. The molecule has 24 heavy (non-hydrogen) atoms. The maximum Gasteiger partial charge on any atom is 0.318 e. The van der Waals surface area contributed by atoms with Gasteiger partial charge in [0.15, 0.2) is 0 Å². The molecule has 1 aliphatic heterocycles. The highest BCUT2D eigenvalue weighted by atomic mass is 16.5. The van der Waals surface area contributed by atoms with Gasteiger partial charge in [0, 0.05) is 19.0 Å². The second-order valence-electron chi connectivity index (χ2n) is 6.83. The summed E-state index contributed by atoms with van der Waals surface area (Å²) in [6.45, 7) is 1.56. The summed E-state index contributed by atoms with van der Waals surface area (Å²) in [5.41, 5.74) is 0. The molecule has 0 radical (unpaired) electrons. The summed E-state index contributed by atoms with van der Waals surface area (Å²) in [7, 11) is 0. The van der Waals surface area contributed by atoms with Crippen LogP contribution in [0.15, 0.2) is 22.8 Å². The number of urea groups is 1. The summed E-state index contributed by atoms with van der Waals surface area (Å²) >= 11 is 0. The lowest BCUT2D eigenvalue weighted by molar-refractivity contribution is -0.0102. The predicted molar refractivity (Wildman–Crippen MR) is 89.6 cm³/mol. The van der Waals surface area contributed by atoms with Crippen LogP contribution in [0.5, 0.6) is 0 Å². The van der Waals surface area contributed by atoms with E-state index in [4.69, 9.17) is 9.15 Å². The molecule has 1 aromatic heterocycles. The lowest BCUT2D eigenvalue weighted by Gasteiger charge is -2.37. The Hall–Kier alpha value is -1.53. The third-order valence-electron chi connectivity index (χ3n) is 5.04. The van der Waals surface area contributed by atoms with Crippen LogP contribution >= 0.6 is 0 Å². The maximum atomic E-state index is 12.7. The predicted octanol–water partition coefficient (Wildman–Crippen LogP) is 2.84. The van der Waals surface area contributed by atoms with Gasteiger partial charge in [-0.2, -0.15) is 0 Å². The number of hydrogen-bond donors (Lipinski definition) is 2. The van der Waals surface area contributed by atoms with E-state index in [0.29, 0.717) is 31.9 Å². The van der Waals surface area contributed by atoms with Gasteiger partial charge >= 0.3 is 6.03 Å². The molecule has 2 atom stereocenters. The summed E-state index contributed by atoms with van der Waals surface area (Å²) in [5, 5.41) is 13.5. The molecule has 2 aliphatic rings. The molecule has 6 nitrogen and oxygen atoms in total. The van der Waals surface area contributed by atoms with Crippen LogP contribution in [0.3, 0.4) is 0 Å². The third kappa shape index (κ3) is 4.51. The first-order chi connectivity index (χ1) is 11.7. The van der Waals surface area contributed by atoms with Crippen LogP contribution in [0.4, 0.5) is 4.79 Å². The van der Waals surface area contributed by atoms with Crippen LogP contribution in [0, 0.1) is 0 Å². The standard InChI is InChI=1S/C18H28N2O4/c21-16(17-8-5-10-24-17)12-15-13-23-11-9-20(15)18(22)19-14-6-3-1-2-4-7-14/h5,8,10,14-16,21H,1-4,6-7,9,11-13H2,(H,19,22). The zero-order valence-electron chi connectivity index (χ0n) is 14.2. The third-order valence-corrected chi connectivity index (χ3v) is 5.04. The maximum absolute atomic E-state index is 12.7. The summed E-state index contributed by atoms with van der Waals surface area (Å²) in [6.07, 6.45) is 8.29. The first-order valence-electron chi connectivity index (χ1n) is 9.10. The Kier molecular flexibility index (Phi) is 6.15. The zero-order chi connectivity index (χ0) is 16.8. The number of rotatable bonds is 4. The van der Waals surface area contributed by atoms with E-state index in [2.05, 4.69) is 5.32 Å². The fourth-order valence-corrected chi connectivity index (χ4v) is 3.65. The van der Waals surface area contributed by atoms with Crippen LogP contribution in [0.2, 0.25) is 0 Å². The number of ether oxygens (including phenoxy) is 1. The number of morpholine rings is 1. The lowest BCUT2D eigenvalue weighted by Crippen LogP contribution is -2.54. The number of nitrogens with zero attached hydrogens (tertiary/aromatic N) is 1. The van der Waals surface area contributed by atoms with Crippen molar-refractivity contribution < 1.29 is 19.1 Å². The minimum atomic E-state index is -0.722. The van der Waals surface area contributed by atoms with E-state index in [1.54, 1.807) is 18.4 Å². The molecule has 2 unspecified atom stereocenters. The van der Waals surface area contributed by atoms with Gasteiger partial charge < -0.3 is 24.5 Å². The summed E-state index contributed by atoms with van der Waals surface area (Å²) < 4.78 is 10.8. The van der Waals surface area contributed by atoms with E-state index in [-0.39, 0.29) is 18.1 Å². The van der Waals surface area contributed by atoms with Crippen LogP contribution in [0.25, 0.3) is 0 Å². The van der Waals surface area contributed by atoms with Gasteiger partial charge in [0.25, 0.3) is 0 Å². The summed E-state index contributed by atoms with van der Waals surface area (Å²) in [5.74, 6) is 0.532. The number of aliphatic hydroxyl groups excluding tert-OH is 1. The molecule has 1 saturated carbocycles. The molecule has 0 bridgehead atoms. The van der Waals surface area contributed by atoms with Crippen molar-refractivity contribution in [3.63, 3.8) is 0 Å². The van der Waals surface area contributed by atoms with E-state index in [0.717, 1.165) is 12.8 Å². The zero-order valence-corrected chi connectivity index (χ0v) is 14.2. The monoisotopic (exact) mass is 336 g/mol. The molecule has 0 spiro atoms. The minimum Gasteiger partial charge on any atom is -0.467 e. The molecular weight excluding hydrogens is 308 g/mol. The Morgan fingerprint density at radius 1 is 1.33 bits per heavy atom. The lowest BCUT2D eigenvalue weighted by atomic mass is 10.1. The van der Waals surface area contributed by atoms with Crippen LogP contribution in [-0.2, 0) is 4.74 Å². The molecule has 3 rings (SSSR count). The van der Waals surface area contributed by atoms with E-state index in [1.165, 1.54) is 25.7 Å². The van der Waals surface area contributed by atoms with Gasteiger partial charge in [-0.15, -0.1) is 0 Å². The Morgan fingerprint density at radius 3 is 2.83 bits per heavy atom. The van der Waals surface area contributed by atoms with Gasteiger partial charge in [0.1, 0.15) is 11.9 Å². The Bertz CT molecular complexity index is 497. The molecule has 1 aliphatic carbocycles. The van der Waals surface area contributed by atoms with Crippen LogP contribution < -0.4 is 5.32 Å². The number of carbonyl (C=O) groups excluding carboxylic acids is 1. The van der Waals surface area contributed by atoms with E-state index >= 15 is 0 Å². The van der Waals surface area contributed by atoms with Crippen LogP contribution in [-0.4, -0.2) is 47.9 Å². The number of carbonyl (C=O) groups is 1. The number of aliphatic hydroxyl groups is 1. The SMILES string of the molecule is O=C(NC1CCCCCC1)N1CCOCC1CC(O)c1ccco1. The summed E-state index contributed by atoms with van der Waals surface area (Å²) in [4.78, 5) is 14.5.